The summed E-state index contributed by atoms with van der Waals surface area (Å²) in [5, 5.41) is 9.90. The van der Waals surface area contributed by atoms with Crippen LogP contribution in [0.1, 0.15) is 33.1 Å². The Morgan fingerprint density at radius 1 is 1.40 bits per heavy atom. The van der Waals surface area contributed by atoms with Crippen molar-refractivity contribution in [2.75, 3.05) is 6.54 Å². The topological polar surface area (TPSA) is 46.2 Å². The van der Waals surface area contributed by atoms with E-state index in [1.165, 1.54) is 0 Å². The van der Waals surface area contributed by atoms with Crippen molar-refractivity contribution in [2.45, 2.75) is 38.7 Å². The van der Waals surface area contributed by atoms with Crippen LogP contribution < -0.4 is 5.73 Å². The fraction of sp³-hybridized carbons (Fsp3) is 1.00. The highest BCUT2D eigenvalue weighted by atomic mass is 16.3. The van der Waals surface area contributed by atoms with E-state index in [0.29, 0.717) is 6.54 Å². The van der Waals surface area contributed by atoms with Crippen LogP contribution in [-0.4, -0.2) is 17.3 Å². The molecule has 0 aliphatic heterocycles. The summed E-state index contributed by atoms with van der Waals surface area (Å²) < 4.78 is 0. The monoisotopic (exact) mass is 143 g/mol. The van der Waals surface area contributed by atoms with E-state index in [1.807, 2.05) is 0 Å². The molecule has 0 bridgehead atoms. The number of hydrogen-bond acceptors (Lipinski definition) is 2. The molecular weight excluding hydrogens is 126 g/mol. The largest absolute Gasteiger partial charge is 0.388 e. The first-order valence-electron chi connectivity index (χ1n) is 3.94. The molecule has 1 aliphatic rings. The van der Waals surface area contributed by atoms with Crippen LogP contribution in [-0.2, 0) is 0 Å². The molecule has 1 aliphatic carbocycles. The lowest BCUT2D eigenvalue weighted by atomic mass is 9.78. The second-order valence-electron chi connectivity index (χ2n) is 3.97. The number of rotatable bonds is 1. The summed E-state index contributed by atoms with van der Waals surface area (Å²) in [7, 11) is 0. The minimum atomic E-state index is -0.590. The Morgan fingerprint density at radius 2 is 2.00 bits per heavy atom. The van der Waals surface area contributed by atoms with Gasteiger partial charge in [-0.2, -0.15) is 0 Å². The maximum absolute atomic E-state index is 9.90. The molecule has 0 aromatic heterocycles. The zero-order chi connectivity index (χ0) is 7.83. The van der Waals surface area contributed by atoms with E-state index in [0.717, 1.165) is 19.3 Å². The summed E-state index contributed by atoms with van der Waals surface area (Å²) >= 11 is 0. The zero-order valence-electron chi connectivity index (χ0n) is 6.85. The summed E-state index contributed by atoms with van der Waals surface area (Å²) in [6.45, 7) is 4.58. The van der Waals surface area contributed by atoms with E-state index in [1.54, 1.807) is 0 Å². The Hall–Kier alpha value is -0.0800. The minimum Gasteiger partial charge on any atom is -0.388 e. The number of aliphatic hydroxyl groups is 1. The predicted octanol–water partition coefficient (Wildman–Crippen LogP) is 0.886. The molecule has 0 saturated heterocycles. The van der Waals surface area contributed by atoms with Gasteiger partial charge in [0.1, 0.15) is 0 Å². The second kappa shape index (κ2) is 2.21. The van der Waals surface area contributed by atoms with Gasteiger partial charge in [0.15, 0.2) is 0 Å². The summed E-state index contributed by atoms with van der Waals surface area (Å²) in [4.78, 5) is 0. The minimum absolute atomic E-state index is 0.0295. The summed E-state index contributed by atoms with van der Waals surface area (Å²) in [5.74, 6) is 0. The van der Waals surface area contributed by atoms with Crippen molar-refractivity contribution in [3.05, 3.63) is 0 Å². The third kappa shape index (κ3) is 0.956. The van der Waals surface area contributed by atoms with Gasteiger partial charge in [0, 0.05) is 6.54 Å². The van der Waals surface area contributed by atoms with Crippen LogP contribution in [0.3, 0.4) is 0 Å². The van der Waals surface area contributed by atoms with Crippen molar-refractivity contribution >= 4 is 0 Å². The molecular formula is C8H17NO. The van der Waals surface area contributed by atoms with E-state index in [-0.39, 0.29) is 5.41 Å². The Bertz CT molecular complexity index is 133. The van der Waals surface area contributed by atoms with E-state index >= 15 is 0 Å². The highest BCUT2D eigenvalue weighted by Gasteiger charge is 2.46. The van der Waals surface area contributed by atoms with Gasteiger partial charge < -0.3 is 10.8 Å². The number of nitrogens with two attached hydrogens (primary N) is 1. The van der Waals surface area contributed by atoms with Crippen molar-refractivity contribution in [2.24, 2.45) is 11.1 Å². The van der Waals surface area contributed by atoms with Gasteiger partial charge in [-0.25, -0.2) is 0 Å². The average Bonchev–Trinajstić information content (AvgIpc) is 2.10. The van der Waals surface area contributed by atoms with Crippen LogP contribution >= 0.6 is 0 Å². The van der Waals surface area contributed by atoms with E-state index in [9.17, 15) is 5.11 Å². The SMILES string of the molecule is CC1(C)CCCC1(O)CN. The quantitative estimate of drug-likeness (QED) is 0.572. The van der Waals surface area contributed by atoms with Gasteiger partial charge in [-0.15, -0.1) is 0 Å². The Morgan fingerprint density at radius 3 is 2.20 bits per heavy atom. The van der Waals surface area contributed by atoms with Crippen LogP contribution in [0.25, 0.3) is 0 Å². The lowest BCUT2D eigenvalue weighted by Gasteiger charge is -2.35. The molecule has 0 heterocycles. The summed E-state index contributed by atoms with van der Waals surface area (Å²) in [6.07, 6.45) is 3.08. The molecule has 3 N–H and O–H groups in total. The summed E-state index contributed by atoms with van der Waals surface area (Å²) in [6, 6.07) is 0. The molecule has 0 radical (unpaired) electrons. The lowest BCUT2D eigenvalue weighted by Crippen LogP contribution is -2.46. The molecule has 60 valence electrons. The van der Waals surface area contributed by atoms with E-state index < -0.39 is 5.60 Å². The smallest absolute Gasteiger partial charge is 0.0819 e. The molecule has 1 rings (SSSR count). The number of hydrogen-bond donors (Lipinski definition) is 2. The molecule has 2 nitrogen and oxygen atoms in total. The van der Waals surface area contributed by atoms with Gasteiger partial charge in [0.05, 0.1) is 5.60 Å². The standard InChI is InChI=1S/C8H17NO/c1-7(2)4-3-5-8(7,10)6-9/h10H,3-6,9H2,1-2H3. The van der Waals surface area contributed by atoms with Gasteiger partial charge in [-0.05, 0) is 24.7 Å². The lowest BCUT2D eigenvalue weighted by molar-refractivity contribution is -0.0339. The van der Waals surface area contributed by atoms with Crippen molar-refractivity contribution in [1.82, 2.24) is 0 Å². The molecule has 1 saturated carbocycles. The van der Waals surface area contributed by atoms with Gasteiger partial charge in [-0.3, -0.25) is 0 Å². The van der Waals surface area contributed by atoms with Crippen LogP contribution in [0.4, 0.5) is 0 Å². The Balaban J connectivity index is 2.76. The first-order valence-corrected chi connectivity index (χ1v) is 3.94. The zero-order valence-corrected chi connectivity index (χ0v) is 6.85. The van der Waals surface area contributed by atoms with Crippen molar-refractivity contribution in [3.8, 4) is 0 Å². The maximum Gasteiger partial charge on any atom is 0.0819 e. The second-order valence-corrected chi connectivity index (χ2v) is 3.97. The van der Waals surface area contributed by atoms with Crippen LogP contribution in [0, 0.1) is 5.41 Å². The molecule has 1 unspecified atom stereocenters. The third-order valence-electron chi connectivity index (χ3n) is 2.99. The molecule has 1 atom stereocenters. The molecule has 0 spiro atoms. The van der Waals surface area contributed by atoms with Crippen molar-refractivity contribution in [3.63, 3.8) is 0 Å². The molecule has 0 aromatic rings. The fourth-order valence-electron chi connectivity index (χ4n) is 1.77. The van der Waals surface area contributed by atoms with Gasteiger partial charge in [-0.1, -0.05) is 13.8 Å². The molecule has 0 aromatic carbocycles. The average molecular weight is 143 g/mol. The highest BCUT2D eigenvalue weighted by Crippen LogP contribution is 2.44. The molecule has 2 heteroatoms. The van der Waals surface area contributed by atoms with Crippen molar-refractivity contribution in [1.29, 1.82) is 0 Å². The third-order valence-corrected chi connectivity index (χ3v) is 2.99. The van der Waals surface area contributed by atoms with Crippen LogP contribution in [0.5, 0.6) is 0 Å². The first kappa shape index (κ1) is 8.02. The molecule has 1 fully saturated rings. The molecule has 10 heavy (non-hydrogen) atoms. The van der Waals surface area contributed by atoms with Gasteiger partial charge >= 0.3 is 0 Å². The van der Waals surface area contributed by atoms with Crippen LogP contribution in [0.2, 0.25) is 0 Å². The van der Waals surface area contributed by atoms with Gasteiger partial charge in [0.25, 0.3) is 0 Å². The van der Waals surface area contributed by atoms with E-state index in [2.05, 4.69) is 13.8 Å². The fourth-order valence-corrected chi connectivity index (χ4v) is 1.77. The Labute approximate surface area is 62.4 Å². The predicted molar refractivity (Wildman–Crippen MR) is 41.6 cm³/mol. The molecule has 0 amide bonds. The first-order chi connectivity index (χ1) is 4.52. The normalized spacial score (nSPS) is 38.4. The van der Waals surface area contributed by atoms with Crippen molar-refractivity contribution < 1.29 is 5.11 Å². The van der Waals surface area contributed by atoms with E-state index in [4.69, 9.17) is 5.73 Å². The van der Waals surface area contributed by atoms with Crippen LogP contribution in [0.15, 0.2) is 0 Å². The Kier molecular flexibility index (Phi) is 1.77. The summed E-state index contributed by atoms with van der Waals surface area (Å²) in [5.41, 5.74) is 4.93. The van der Waals surface area contributed by atoms with Gasteiger partial charge in [0.2, 0.25) is 0 Å². The maximum atomic E-state index is 9.90. The highest BCUT2D eigenvalue weighted by molar-refractivity contribution is 4.99.